The number of para-hydroxylation sites is 1. The van der Waals surface area contributed by atoms with Crippen LogP contribution in [0.4, 0.5) is 22.9 Å². The van der Waals surface area contributed by atoms with E-state index in [1.54, 1.807) is 6.20 Å². The van der Waals surface area contributed by atoms with Gasteiger partial charge < -0.3 is 20.7 Å². The fraction of sp³-hybridized carbons (Fsp3) is 0.250. The minimum absolute atomic E-state index is 0.0124. The summed E-state index contributed by atoms with van der Waals surface area (Å²) < 4.78 is 5.35. The number of anilines is 4. The van der Waals surface area contributed by atoms with Gasteiger partial charge in [0, 0.05) is 49.4 Å². The van der Waals surface area contributed by atoms with E-state index in [-0.39, 0.29) is 11.8 Å². The van der Waals surface area contributed by atoms with Crippen molar-refractivity contribution in [2.45, 2.75) is 12.8 Å². The number of carbonyl (C=O) groups is 1. The molecule has 0 aliphatic carbocycles. The van der Waals surface area contributed by atoms with E-state index < -0.39 is 0 Å². The van der Waals surface area contributed by atoms with Crippen LogP contribution in [0, 0.1) is 5.92 Å². The third kappa shape index (κ3) is 4.96. The first-order valence-electron chi connectivity index (χ1n) is 10.2. The van der Waals surface area contributed by atoms with E-state index in [1.165, 1.54) is 0 Å². The molecule has 1 aromatic heterocycles. The largest absolute Gasteiger partial charge is 0.388 e. The number of ether oxygens (including phenoxy) is 1. The van der Waals surface area contributed by atoms with E-state index in [0.717, 1.165) is 41.0 Å². The predicted molar refractivity (Wildman–Crippen MR) is 121 cm³/mol. The second-order valence-electron chi connectivity index (χ2n) is 7.35. The van der Waals surface area contributed by atoms with E-state index in [2.05, 4.69) is 39.1 Å². The average Bonchev–Trinajstić information content (AvgIpc) is 2.80. The standard InChI is InChI=1S/C24H26N4O2/c1-25-21-13-19(14-22(16-21)27-20-5-3-2-4-6-20)18-7-10-26-23(15-18)28-24(29)17-8-11-30-12-9-17/h2-7,10,13-17,25,27H,8-9,11-12H2,1H3,(H,26,28,29). The van der Waals surface area contributed by atoms with Crippen LogP contribution in [0.2, 0.25) is 0 Å². The highest BCUT2D eigenvalue weighted by Crippen LogP contribution is 2.30. The molecule has 3 aromatic rings. The lowest BCUT2D eigenvalue weighted by molar-refractivity contribution is -0.122. The van der Waals surface area contributed by atoms with Crippen LogP contribution in [0.15, 0.2) is 66.9 Å². The van der Waals surface area contributed by atoms with Gasteiger partial charge in [0.25, 0.3) is 0 Å². The molecule has 1 fully saturated rings. The quantitative estimate of drug-likeness (QED) is 0.547. The van der Waals surface area contributed by atoms with E-state index in [0.29, 0.717) is 19.0 Å². The smallest absolute Gasteiger partial charge is 0.228 e. The second kappa shape index (κ2) is 9.41. The minimum Gasteiger partial charge on any atom is -0.388 e. The zero-order chi connectivity index (χ0) is 20.8. The molecule has 6 heteroatoms. The van der Waals surface area contributed by atoms with Crippen LogP contribution >= 0.6 is 0 Å². The van der Waals surface area contributed by atoms with Crippen molar-refractivity contribution in [1.82, 2.24) is 4.98 Å². The van der Waals surface area contributed by atoms with Gasteiger partial charge in [0.05, 0.1) is 0 Å². The normalized spacial score (nSPS) is 14.2. The molecule has 0 radical (unpaired) electrons. The van der Waals surface area contributed by atoms with Gasteiger partial charge in [0.15, 0.2) is 0 Å². The molecule has 2 aromatic carbocycles. The maximum Gasteiger partial charge on any atom is 0.228 e. The van der Waals surface area contributed by atoms with Crippen LogP contribution in [0.25, 0.3) is 11.1 Å². The number of nitrogens with zero attached hydrogens (tertiary/aromatic N) is 1. The third-order valence-electron chi connectivity index (χ3n) is 5.22. The van der Waals surface area contributed by atoms with Crippen molar-refractivity contribution < 1.29 is 9.53 Å². The molecule has 6 nitrogen and oxygen atoms in total. The first-order chi connectivity index (χ1) is 14.7. The molecule has 0 saturated carbocycles. The van der Waals surface area contributed by atoms with Crippen LogP contribution in [0.5, 0.6) is 0 Å². The lowest BCUT2D eigenvalue weighted by Crippen LogP contribution is -2.28. The number of aromatic nitrogens is 1. The lowest BCUT2D eigenvalue weighted by Gasteiger charge is -2.21. The van der Waals surface area contributed by atoms with Gasteiger partial charge in [-0.05, 0) is 66.4 Å². The number of amides is 1. The maximum atomic E-state index is 12.5. The topological polar surface area (TPSA) is 75.3 Å². The Morgan fingerprint density at radius 2 is 1.70 bits per heavy atom. The van der Waals surface area contributed by atoms with Crippen LogP contribution in [-0.4, -0.2) is 31.2 Å². The average molecular weight is 402 g/mol. The van der Waals surface area contributed by atoms with Crippen molar-refractivity contribution in [2.24, 2.45) is 5.92 Å². The summed E-state index contributed by atoms with van der Waals surface area (Å²) in [5.41, 5.74) is 5.02. The van der Waals surface area contributed by atoms with Gasteiger partial charge >= 0.3 is 0 Å². The third-order valence-corrected chi connectivity index (χ3v) is 5.22. The van der Waals surface area contributed by atoms with Gasteiger partial charge in [0.1, 0.15) is 5.82 Å². The molecule has 0 unspecified atom stereocenters. The van der Waals surface area contributed by atoms with Crippen molar-refractivity contribution in [2.75, 3.05) is 36.2 Å². The Bertz CT molecular complexity index is 1000. The molecular weight excluding hydrogens is 376 g/mol. The molecule has 1 amide bonds. The summed E-state index contributed by atoms with van der Waals surface area (Å²) in [5, 5.41) is 9.63. The highest BCUT2D eigenvalue weighted by molar-refractivity contribution is 5.92. The van der Waals surface area contributed by atoms with E-state index >= 15 is 0 Å². The number of benzene rings is 2. The molecule has 3 N–H and O–H groups in total. The molecule has 1 aliphatic rings. The van der Waals surface area contributed by atoms with Gasteiger partial charge in [0.2, 0.25) is 5.91 Å². The Balaban J connectivity index is 1.56. The van der Waals surface area contributed by atoms with Crippen LogP contribution in [0.3, 0.4) is 0 Å². The molecule has 154 valence electrons. The zero-order valence-corrected chi connectivity index (χ0v) is 17.0. The number of nitrogens with one attached hydrogen (secondary N) is 3. The van der Waals surface area contributed by atoms with Gasteiger partial charge in [-0.15, -0.1) is 0 Å². The molecule has 1 aliphatic heterocycles. The number of pyridine rings is 1. The van der Waals surface area contributed by atoms with Crippen molar-refractivity contribution in [3.63, 3.8) is 0 Å². The zero-order valence-electron chi connectivity index (χ0n) is 17.0. The number of hydrogen-bond donors (Lipinski definition) is 3. The Hall–Kier alpha value is -3.38. The Labute approximate surface area is 176 Å². The van der Waals surface area contributed by atoms with Crippen molar-refractivity contribution >= 4 is 28.8 Å². The van der Waals surface area contributed by atoms with Gasteiger partial charge in [-0.1, -0.05) is 18.2 Å². The molecule has 1 saturated heterocycles. The molecule has 30 heavy (non-hydrogen) atoms. The van der Waals surface area contributed by atoms with E-state index in [4.69, 9.17) is 4.74 Å². The SMILES string of the molecule is CNc1cc(Nc2ccccc2)cc(-c2ccnc(NC(=O)C3CCOCC3)c2)c1. The van der Waals surface area contributed by atoms with Gasteiger partial charge in [-0.3, -0.25) is 4.79 Å². The fourth-order valence-corrected chi connectivity index (χ4v) is 3.57. The first kappa shape index (κ1) is 19.9. The Kier molecular flexibility index (Phi) is 6.25. The fourth-order valence-electron chi connectivity index (χ4n) is 3.57. The summed E-state index contributed by atoms with van der Waals surface area (Å²) in [5.74, 6) is 0.563. The van der Waals surface area contributed by atoms with Crippen molar-refractivity contribution in [3.8, 4) is 11.1 Å². The molecule has 2 heterocycles. The summed E-state index contributed by atoms with van der Waals surface area (Å²) in [4.78, 5) is 16.9. The summed E-state index contributed by atoms with van der Waals surface area (Å²) >= 11 is 0. The highest BCUT2D eigenvalue weighted by atomic mass is 16.5. The van der Waals surface area contributed by atoms with E-state index in [1.807, 2.05) is 49.5 Å². The van der Waals surface area contributed by atoms with Gasteiger partial charge in [-0.2, -0.15) is 0 Å². The van der Waals surface area contributed by atoms with Crippen molar-refractivity contribution in [3.05, 3.63) is 66.9 Å². The molecule has 0 spiro atoms. The Morgan fingerprint density at radius 1 is 0.933 bits per heavy atom. The summed E-state index contributed by atoms with van der Waals surface area (Å²) in [6.45, 7) is 1.28. The number of hydrogen-bond acceptors (Lipinski definition) is 5. The number of rotatable bonds is 6. The summed E-state index contributed by atoms with van der Waals surface area (Å²) in [6.07, 6.45) is 3.24. The molecule has 0 bridgehead atoms. The lowest BCUT2D eigenvalue weighted by atomic mass is 9.99. The summed E-state index contributed by atoms with van der Waals surface area (Å²) in [6, 6.07) is 20.2. The van der Waals surface area contributed by atoms with Crippen LogP contribution in [0.1, 0.15) is 12.8 Å². The summed E-state index contributed by atoms with van der Waals surface area (Å²) in [7, 11) is 1.90. The highest BCUT2D eigenvalue weighted by Gasteiger charge is 2.21. The maximum absolute atomic E-state index is 12.5. The van der Waals surface area contributed by atoms with Crippen LogP contribution in [-0.2, 0) is 9.53 Å². The molecule has 0 atom stereocenters. The van der Waals surface area contributed by atoms with Crippen LogP contribution < -0.4 is 16.0 Å². The van der Waals surface area contributed by atoms with Crippen molar-refractivity contribution in [1.29, 1.82) is 0 Å². The predicted octanol–water partition coefficient (Wildman–Crippen LogP) is 4.90. The molecule has 4 rings (SSSR count). The molecular formula is C24H26N4O2. The monoisotopic (exact) mass is 402 g/mol. The second-order valence-corrected chi connectivity index (χ2v) is 7.35. The number of carbonyl (C=O) groups excluding carboxylic acids is 1. The minimum atomic E-state index is -0.0153. The first-order valence-corrected chi connectivity index (χ1v) is 10.2. The van der Waals surface area contributed by atoms with E-state index in [9.17, 15) is 4.79 Å². The Morgan fingerprint density at radius 3 is 2.47 bits per heavy atom. The van der Waals surface area contributed by atoms with Gasteiger partial charge in [-0.25, -0.2) is 4.98 Å².